The molecule has 7 heteroatoms. The van der Waals surface area contributed by atoms with Crippen molar-refractivity contribution in [3.63, 3.8) is 0 Å². The van der Waals surface area contributed by atoms with Crippen LogP contribution in [0.3, 0.4) is 0 Å². The van der Waals surface area contributed by atoms with Crippen molar-refractivity contribution in [3.8, 4) is 0 Å². The Labute approximate surface area is 127 Å². The van der Waals surface area contributed by atoms with Gasteiger partial charge >= 0.3 is 0 Å². The van der Waals surface area contributed by atoms with Crippen LogP contribution in [0.2, 0.25) is 0 Å². The molecule has 1 saturated heterocycles. The zero-order chi connectivity index (χ0) is 14.8. The maximum atomic E-state index is 13.1. The minimum Gasteiger partial charge on any atom is -0.330 e. The molecule has 2 N–H and O–H groups in total. The Balaban J connectivity index is 2.25. The highest BCUT2D eigenvalue weighted by Crippen LogP contribution is 2.29. The van der Waals surface area contributed by atoms with Crippen LogP contribution in [0.25, 0.3) is 0 Å². The van der Waals surface area contributed by atoms with Crippen LogP contribution in [0, 0.1) is 11.7 Å². The van der Waals surface area contributed by atoms with Crippen LogP contribution >= 0.6 is 15.9 Å². The van der Waals surface area contributed by atoms with Crippen molar-refractivity contribution in [1.82, 2.24) is 4.31 Å². The summed E-state index contributed by atoms with van der Waals surface area (Å²) in [6.45, 7) is 1.56. The largest absolute Gasteiger partial charge is 0.330 e. The molecule has 0 radical (unpaired) electrons. The highest BCUT2D eigenvalue weighted by atomic mass is 79.9. The number of rotatable bonds is 4. The molecule has 1 aliphatic rings. The number of nitrogens with two attached hydrogens (primary N) is 1. The van der Waals surface area contributed by atoms with Crippen LogP contribution in [0.1, 0.15) is 19.3 Å². The van der Waals surface area contributed by atoms with Gasteiger partial charge in [0.2, 0.25) is 10.0 Å². The van der Waals surface area contributed by atoms with Crippen molar-refractivity contribution < 1.29 is 12.8 Å². The summed E-state index contributed by atoms with van der Waals surface area (Å²) in [5.74, 6) is -0.154. The molecule has 0 aromatic heterocycles. The van der Waals surface area contributed by atoms with Crippen molar-refractivity contribution in [3.05, 3.63) is 28.5 Å². The quantitative estimate of drug-likeness (QED) is 0.891. The third-order valence-corrected chi connectivity index (χ3v) is 6.41. The average Bonchev–Trinajstić information content (AvgIpc) is 2.39. The summed E-state index contributed by atoms with van der Waals surface area (Å²) in [4.78, 5) is 0.118. The molecule has 1 aromatic carbocycles. The summed E-state index contributed by atoms with van der Waals surface area (Å²) in [6.07, 6.45) is 2.67. The molecule has 1 aliphatic heterocycles. The van der Waals surface area contributed by atoms with E-state index in [0.717, 1.165) is 19.3 Å². The minimum atomic E-state index is -3.58. The molecule has 1 unspecified atom stereocenters. The van der Waals surface area contributed by atoms with Gasteiger partial charge in [0.25, 0.3) is 0 Å². The lowest BCUT2D eigenvalue weighted by Gasteiger charge is -2.32. The second-order valence-electron chi connectivity index (χ2n) is 5.02. The van der Waals surface area contributed by atoms with E-state index >= 15 is 0 Å². The SMILES string of the molecule is NCCC1CCCN(S(=O)(=O)c2ccc(F)cc2Br)C1. The van der Waals surface area contributed by atoms with Crippen LogP contribution in [0.5, 0.6) is 0 Å². The molecule has 2 rings (SSSR count). The summed E-state index contributed by atoms with van der Waals surface area (Å²) < 4.78 is 40.1. The van der Waals surface area contributed by atoms with Crippen LogP contribution in [0.15, 0.2) is 27.6 Å². The molecule has 1 aromatic rings. The van der Waals surface area contributed by atoms with Crippen molar-refractivity contribution in [2.75, 3.05) is 19.6 Å². The molecule has 0 spiro atoms. The maximum absolute atomic E-state index is 13.1. The first kappa shape index (κ1) is 15.9. The van der Waals surface area contributed by atoms with E-state index in [0.29, 0.717) is 25.6 Å². The van der Waals surface area contributed by atoms with Crippen LogP contribution in [-0.2, 0) is 10.0 Å². The van der Waals surface area contributed by atoms with E-state index in [9.17, 15) is 12.8 Å². The summed E-state index contributed by atoms with van der Waals surface area (Å²) in [7, 11) is -3.58. The topological polar surface area (TPSA) is 63.4 Å². The van der Waals surface area contributed by atoms with E-state index in [4.69, 9.17) is 5.73 Å². The standard InChI is InChI=1S/C13H18BrFN2O2S/c14-12-8-11(15)3-4-13(12)20(18,19)17-7-1-2-10(9-17)5-6-16/h3-4,8,10H,1-2,5-7,9,16H2. The van der Waals surface area contributed by atoms with Gasteiger partial charge in [-0.1, -0.05) is 0 Å². The van der Waals surface area contributed by atoms with Crippen LogP contribution < -0.4 is 5.73 Å². The molecular weight excluding hydrogens is 347 g/mol. The predicted molar refractivity (Wildman–Crippen MR) is 79.3 cm³/mol. The van der Waals surface area contributed by atoms with Gasteiger partial charge in [-0.05, 0) is 65.9 Å². The Hall–Kier alpha value is -0.500. The fourth-order valence-electron chi connectivity index (χ4n) is 2.54. The van der Waals surface area contributed by atoms with Crippen LogP contribution in [0.4, 0.5) is 4.39 Å². The lowest BCUT2D eigenvalue weighted by molar-refractivity contribution is 0.258. The third-order valence-electron chi connectivity index (χ3n) is 3.57. The Morgan fingerprint density at radius 2 is 2.20 bits per heavy atom. The second-order valence-corrected chi connectivity index (χ2v) is 7.78. The Morgan fingerprint density at radius 3 is 2.85 bits per heavy atom. The lowest BCUT2D eigenvalue weighted by atomic mass is 9.96. The van der Waals surface area contributed by atoms with E-state index in [1.54, 1.807) is 0 Å². The first-order chi connectivity index (χ1) is 9.45. The van der Waals surface area contributed by atoms with Gasteiger partial charge in [-0.3, -0.25) is 0 Å². The Morgan fingerprint density at radius 1 is 1.45 bits per heavy atom. The molecule has 1 atom stereocenters. The zero-order valence-corrected chi connectivity index (χ0v) is 13.5. The molecule has 0 aliphatic carbocycles. The number of hydrogen-bond donors (Lipinski definition) is 1. The van der Waals surface area contributed by atoms with Gasteiger partial charge < -0.3 is 5.73 Å². The summed E-state index contributed by atoms with van der Waals surface area (Å²) >= 11 is 3.13. The number of nitrogens with zero attached hydrogens (tertiary/aromatic N) is 1. The zero-order valence-electron chi connectivity index (χ0n) is 11.1. The molecule has 1 fully saturated rings. The van der Waals surface area contributed by atoms with E-state index in [2.05, 4.69) is 15.9 Å². The fraction of sp³-hybridized carbons (Fsp3) is 0.538. The van der Waals surface area contributed by atoms with E-state index in [1.807, 2.05) is 0 Å². The lowest BCUT2D eigenvalue weighted by Crippen LogP contribution is -2.40. The highest BCUT2D eigenvalue weighted by Gasteiger charge is 2.31. The van der Waals surface area contributed by atoms with Gasteiger partial charge in [-0.2, -0.15) is 4.31 Å². The summed E-state index contributed by atoms with van der Waals surface area (Å²) in [5.41, 5.74) is 5.55. The van der Waals surface area contributed by atoms with Gasteiger partial charge in [-0.25, -0.2) is 12.8 Å². The van der Waals surface area contributed by atoms with Gasteiger partial charge in [0.05, 0.1) is 4.90 Å². The molecule has 1 heterocycles. The fourth-order valence-corrected chi connectivity index (χ4v) is 5.10. The van der Waals surface area contributed by atoms with Gasteiger partial charge in [0.1, 0.15) is 5.82 Å². The molecule has 112 valence electrons. The number of halogens is 2. The molecule has 0 bridgehead atoms. The van der Waals surface area contributed by atoms with Gasteiger partial charge in [0, 0.05) is 17.6 Å². The van der Waals surface area contributed by atoms with E-state index in [1.165, 1.54) is 22.5 Å². The number of sulfonamides is 1. The van der Waals surface area contributed by atoms with E-state index < -0.39 is 15.8 Å². The average molecular weight is 365 g/mol. The normalized spacial score (nSPS) is 21.1. The molecule has 0 saturated carbocycles. The molecule has 4 nitrogen and oxygen atoms in total. The smallest absolute Gasteiger partial charge is 0.244 e. The van der Waals surface area contributed by atoms with Crippen molar-refractivity contribution in [2.45, 2.75) is 24.2 Å². The maximum Gasteiger partial charge on any atom is 0.244 e. The van der Waals surface area contributed by atoms with Gasteiger partial charge in [-0.15, -0.1) is 0 Å². The first-order valence-corrected chi connectivity index (χ1v) is 8.83. The van der Waals surface area contributed by atoms with Crippen molar-refractivity contribution in [2.24, 2.45) is 11.7 Å². The highest BCUT2D eigenvalue weighted by molar-refractivity contribution is 9.10. The Bertz CT molecular complexity index is 578. The summed E-state index contributed by atoms with van der Waals surface area (Å²) in [5, 5.41) is 0. The predicted octanol–water partition coefficient (Wildman–Crippen LogP) is 2.34. The van der Waals surface area contributed by atoms with Crippen LogP contribution in [-0.4, -0.2) is 32.4 Å². The minimum absolute atomic E-state index is 0.118. The first-order valence-electron chi connectivity index (χ1n) is 6.60. The third kappa shape index (κ3) is 3.39. The van der Waals surface area contributed by atoms with Crippen molar-refractivity contribution >= 4 is 26.0 Å². The molecular formula is C13H18BrFN2O2S. The Kier molecular flexibility index (Phi) is 5.17. The number of benzene rings is 1. The second kappa shape index (κ2) is 6.51. The number of piperidine rings is 1. The monoisotopic (exact) mass is 364 g/mol. The molecule has 20 heavy (non-hydrogen) atoms. The number of hydrogen-bond acceptors (Lipinski definition) is 3. The van der Waals surface area contributed by atoms with Gasteiger partial charge in [0.15, 0.2) is 0 Å². The van der Waals surface area contributed by atoms with Crippen molar-refractivity contribution in [1.29, 1.82) is 0 Å². The molecule has 0 amide bonds. The van der Waals surface area contributed by atoms with E-state index in [-0.39, 0.29) is 9.37 Å². The summed E-state index contributed by atoms with van der Waals surface area (Å²) in [6, 6.07) is 3.65.